The van der Waals surface area contributed by atoms with Crippen LogP contribution in [0.4, 0.5) is 17.1 Å². The SMILES string of the molecule is CC[C@@H](CO)N1C(=O)[C@@H]2[C@H]3C(=O)N(c4ccccc4)CC=C[C@H]3S[C@@]23C=CCN(c2ccc(N(CC)CC)cc2)C(=O)C13. The number of aliphatic hydroxyl groups excluding tert-OH is 1. The molecule has 6 atom stereocenters. The normalized spacial score (nSPS) is 28.8. The largest absolute Gasteiger partial charge is 0.394 e. The summed E-state index contributed by atoms with van der Waals surface area (Å²) in [4.78, 5) is 50.9. The fourth-order valence-corrected chi connectivity index (χ4v) is 9.38. The van der Waals surface area contributed by atoms with Crippen LogP contribution in [0, 0.1) is 11.8 Å². The Kier molecular flexibility index (Phi) is 8.13. The molecule has 1 unspecified atom stereocenters. The molecule has 2 saturated heterocycles. The molecule has 3 amide bonds. The van der Waals surface area contributed by atoms with Crippen LogP contribution in [0.1, 0.15) is 27.2 Å². The second-order valence-corrected chi connectivity index (χ2v) is 13.1. The summed E-state index contributed by atoms with van der Waals surface area (Å²) in [6.07, 6.45) is 8.57. The van der Waals surface area contributed by atoms with Gasteiger partial charge in [0.1, 0.15) is 6.04 Å². The minimum atomic E-state index is -0.929. The highest BCUT2D eigenvalue weighted by Crippen LogP contribution is 2.61. The number of para-hydroxylation sites is 1. The highest BCUT2D eigenvalue weighted by Gasteiger charge is 2.71. The van der Waals surface area contributed by atoms with Crippen LogP contribution in [-0.4, -0.2) is 82.6 Å². The molecule has 0 bridgehead atoms. The van der Waals surface area contributed by atoms with Crippen molar-refractivity contribution in [2.24, 2.45) is 11.8 Å². The van der Waals surface area contributed by atoms with E-state index >= 15 is 0 Å². The van der Waals surface area contributed by atoms with Crippen molar-refractivity contribution in [2.45, 2.75) is 49.3 Å². The van der Waals surface area contributed by atoms with Crippen molar-refractivity contribution in [3.8, 4) is 0 Å². The predicted octanol–water partition coefficient (Wildman–Crippen LogP) is 4.11. The number of carbonyl (C=O) groups excluding carboxylic acids is 3. The zero-order valence-corrected chi connectivity index (χ0v) is 25.8. The zero-order valence-electron chi connectivity index (χ0n) is 25.0. The minimum absolute atomic E-state index is 0.101. The first-order valence-corrected chi connectivity index (χ1v) is 16.3. The monoisotopic (exact) mass is 600 g/mol. The Bertz CT molecular complexity index is 1420. The van der Waals surface area contributed by atoms with E-state index in [-0.39, 0.29) is 29.6 Å². The average molecular weight is 601 g/mol. The predicted molar refractivity (Wildman–Crippen MR) is 172 cm³/mol. The van der Waals surface area contributed by atoms with Crippen LogP contribution in [0.5, 0.6) is 0 Å². The molecule has 0 aromatic heterocycles. The quantitative estimate of drug-likeness (QED) is 0.460. The first-order chi connectivity index (χ1) is 20.9. The Morgan fingerprint density at radius 1 is 0.884 bits per heavy atom. The van der Waals surface area contributed by atoms with E-state index in [1.165, 1.54) is 0 Å². The lowest BCUT2D eigenvalue weighted by atomic mass is 9.78. The van der Waals surface area contributed by atoms with Crippen molar-refractivity contribution in [2.75, 3.05) is 47.5 Å². The van der Waals surface area contributed by atoms with E-state index in [4.69, 9.17) is 0 Å². The minimum Gasteiger partial charge on any atom is -0.394 e. The molecule has 4 heterocycles. The molecule has 43 heavy (non-hydrogen) atoms. The number of hydrogen-bond acceptors (Lipinski definition) is 6. The van der Waals surface area contributed by atoms with Crippen LogP contribution in [0.15, 0.2) is 78.9 Å². The van der Waals surface area contributed by atoms with Crippen LogP contribution in [-0.2, 0) is 14.4 Å². The van der Waals surface area contributed by atoms with Crippen LogP contribution in [0.2, 0.25) is 0 Å². The first-order valence-electron chi connectivity index (χ1n) is 15.4. The molecule has 1 spiro atoms. The van der Waals surface area contributed by atoms with Crippen molar-refractivity contribution >= 4 is 46.5 Å². The number of hydrogen-bond donors (Lipinski definition) is 1. The molecule has 0 aliphatic carbocycles. The third kappa shape index (κ3) is 4.68. The van der Waals surface area contributed by atoms with Gasteiger partial charge >= 0.3 is 0 Å². The van der Waals surface area contributed by atoms with Crippen molar-refractivity contribution in [1.29, 1.82) is 0 Å². The standard InChI is InChI=1S/C34H40N4O4S/c1-4-23(22-39)38-30-33(42)37(26-17-15-24(16-18-26)35(5-2)6-3)21-11-19-34(30)29(32(38)41)28-27(43-34)14-10-20-36(31(28)40)25-12-8-7-9-13-25/h7-19,23,27-30,39H,4-6,20-22H2,1-3H3/t23-,27+,28-,29-,30?,34-/m0/s1. The summed E-state index contributed by atoms with van der Waals surface area (Å²) in [6.45, 7) is 8.47. The molecule has 2 aromatic carbocycles. The Balaban J connectivity index is 1.42. The summed E-state index contributed by atoms with van der Waals surface area (Å²) in [5, 5.41) is 10.2. The van der Waals surface area contributed by atoms with E-state index in [1.54, 1.807) is 26.5 Å². The van der Waals surface area contributed by atoms with E-state index in [2.05, 4.69) is 18.7 Å². The Hall–Kier alpha value is -3.56. The number of amides is 3. The van der Waals surface area contributed by atoms with Gasteiger partial charge in [0.15, 0.2) is 0 Å². The second-order valence-electron chi connectivity index (χ2n) is 11.6. The number of likely N-dealkylation sites (tertiary alicyclic amines) is 1. The van der Waals surface area contributed by atoms with Gasteiger partial charge < -0.3 is 24.7 Å². The second kappa shape index (κ2) is 11.8. The number of thioether (sulfide) groups is 1. The number of rotatable bonds is 8. The van der Waals surface area contributed by atoms with Crippen molar-refractivity contribution in [1.82, 2.24) is 4.90 Å². The van der Waals surface area contributed by atoms with Gasteiger partial charge in [-0.1, -0.05) is 49.4 Å². The van der Waals surface area contributed by atoms with Gasteiger partial charge in [0.05, 0.1) is 29.2 Å². The van der Waals surface area contributed by atoms with Crippen molar-refractivity contribution < 1.29 is 19.5 Å². The van der Waals surface area contributed by atoms with Gasteiger partial charge in [-0.25, -0.2) is 0 Å². The molecule has 9 heteroatoms. The molecule has 4 aliphatic heterocycles. The molecule has 1 N–H and O–H groups in total. The Labute approximate surface area is 258 Å². The lowest BCUT2D eigenvalue weighted by Crippen LogP contribution is -2.56. The molecule has 0 radical (unpaired) electrons. The van der Waals surface area contributed by atoms with Gasteiger partial charge in [0.25, 0.3) is 5.91 Å². The number of anilines is 3. The summed E-state index contributed by atoms with van der Waals surface area (Å²) < 4.78 is -0.929. The lowest BCUT2D eigenvalue weighted by molar-refractivity contribution is -0.141. The number of carbonyl (C=O) groups is 3. The van der Waals surface area contributed by atoms with Crippen LogP contribution in [0.25, 0.3) is 0 Å². The fourth-order valence-electron chi connectivity index (χ4n) is 7.39. The molecule has 8 nitrogen and oxygen atoms in total. The summed E-state index contributed by atoms with van der Waals surface area (Å²) in [6, 6.07) is 16.2. The first kappa shape index (κ1) is 29.5. The maximum Gasteiger partial charge on any atom is 0.251 e. The molecule has 226 valence electrons. The van der Waals surface area contributed by atoms with Crippen LogP contribution in [0.3, 0.4) is 0 Å². The summed E-state index contributed by atoms with van der Waals surface area (Å²) >= 11 is 1.56. The van der Waals surface area contributed by atoms with Crippen molar-refractivity contribution in [3.05, 3.63) is 78.9 Å². The third-order valence-corrected chi connectivity index (χ3v) is 11.3. The van der Waals surface area contributed by atoms with Gasteiger partial charge in [0.2, 0.25) is 11.8 Å². The molecule has 0 saturated carbocycles. The number of nitrogens with zero attached hydrogens (tertiary/aromatic N) is 4. The number of aliphatic hydroxyl groups is 1. The highest BCUT2D eigenvalue weighted by molar-refractivity contribution is 8.02. The van der Waals surface area contributed by atoms with Gasteiger partial charge in [-0.2, -0.15) is 0 Å². The highest BCUT2D eigenvalue weighted by atomic mass is 32.2. The van der Waals surface area contributed by atoms with E-state index in [1.807, 2.05) is 85.8 Å². The number of fused-ring (bicyclic) bond motifs is 2. The van der Waals surface area contributed by atoms with Gasteiger partial charge in [-0.15, -0.1) is 11.8 Å². The molecular weight excluding hydrogens is 560 g/mol. The topological polar surface area (TPSA) is 84.4 Å². The molecule has 2 fully saturated rings. The van der Waals surface area contributed by atoms with E-state index in [0.29, 0.717) is 19.5 Å². The van der Waals surface area contributed by atoms with Crippen LogP contribution >= 0.6 is 11.8 Å². The molecule has 4 aliphatic rings. The molecule has 6 rings (SSSR count). The van der Waals surface area contributed by atoms with E-state index < -0.39 is 28.7 Å². The maximum absolute atomic E-state index is 14.7. The maximum atomic E-state index is 14.7. The third-order valence-electron chi connectivity index (χ3n) is 9.53. The Morgan fingerprint density at radius 3 is 2.19 bits per heavy atom. The van der Waals surface area contributed by atoms with E-state index in [9.17, 15) is 19.5 Å². The van der Waals surface area contributed by atoms with E-state index in [0.717, 1.165) is 30.2 Å². The summed E-state index contributed by atoms with van der Waals surface area (Å²) in [5.74, 6) is -1.85. The zero-order chi connectivity index (χ0) is 30.3. The van der Waals surface area contributed by atoms with Gasteiger partial charge in [0, 0.05) is 48.5 Å². The fraction of sp³-hybridized carbons (Fsp3) is 0.441. The van der Waals surface area contributed by atoms with Crippen LogP contribution < -0.4 is 14.7 Å². The lowest BCUT2D eigenvalue weighted by Gasteiger charge is -2.38. The Morgan fingerprint density at radius 2 is 1.53 bits per heavy atom. The van der Waals surface area contributed by atoms with Crippen molar-refractivity contribution in [3.63, 3.8) is 0 Å². The van der Waals surface area contributed by atoms with Gasteiger partial charge in [-0.3, -0.25) is 14.4 Å². The molecular formula is C34H40N4O4S. The average Bonchev–Trinajstić information content (AvgIpc) is 3.34. The summed E-state index contributed by atoms with van der Waals surface area (Å²) in [5.41, 5.74) is 2.64. The summed E-state index contributed by atoms with van der Waals surface area (Å²) in [7, 11) is 0. The number of benzene rings is 2. The van der Waals surface area contributed by atoms with Gasteiger partial charge in [-0.05, 0) is 56.7 Å². The smallest absolute Gasteiger partial charge is 0.251 e. The molecule has 2 aromatic rings.